The zero-order valence-corrected chi connectivity index (χ0v) is 25.8. The number of carbonyl (C=O) groups is 1. The molecule has 12 nitrogen and oxygen atoms in total. The second kappa shape index (κ2) is 11.4. The second-order valence-electron chi connectivity index (χ2n) is 12.0. The fourth-order valence-electron chi connectivity index (χ4n) is 4.95. The van der Waals surface area contributed by atoms with Gasteiger partial charge in [-0.3, -0.25) is 14.9 Å². The zero-order valence-electron chi connectivity index (χ0n) is 24.9. The van der Waals surface area contributed by atoms with Gasteiger partial charge in [0.25, 0.3) is 0 Å². The van der Waals surface area contributed by atoms with E-state index in [4.69, 9.17) is 4.98 Å². The highest BCUT2D eigenvalue weighted by atomic mass is 32.2. The van der Waals surface area contributed by atoms with E-state index in [-0.39, 0.29) is 17.9 Å². The maximum atomic E-state index is 14.6. The van der Waals surface area contributed by atoms with Gasteiger partial charge < -0.3 is 10.3 Å². The number of nitrogens with zero attached hydrogens (tertiary/aromatic N) is 5. The van der Waals surface area contributed by atoms with Gasteiger partial charge in [0.2, 0.25) is 15.9 Å². The van der Waals surface area contributed by atoms with Gasteiger partial charge in [0.1, 0.15) is 11.3 Å². The molecule has 5 heterocycles. The summed E-state index contributed by atoms with van der Waals surface area (Å²) >= 11 is 0. The first-order chi connectivity index (χ1) is 21.3. The van der Waals surface area contributed by atoms with Crippen molar-refractivity contribution < 1.29 is 17.6 Å². The van der Waals surface area contributed by atoms with Crippen molar-refractivity contribution in [2.24, 2.45) is 5.41 Å². The number of H-pyrrole nitrogens is 2. The number of rotatable bonds is 8. The molecule has 0 aliphatic heterocycles. The Morgan fingerprint density at radius 1 is 1.02 bits per heavy atom. The number of hydrogen-bond acceptors (Lipinski definition) is 8. The number of halogens is 1. The number of fused-ring (bicyclic) bond motifs is 2. The van der Waals surface area contributed by atoms with Gasteiger partial charge in [0.15, 0.2) is 17.2 Å². The Balaban J connectivity index is 1.34. The topological polar surface area (TPSA) is 171 Å². The Labute approximate surface area is 258 Å². The lowest BCUT2D eigenvalue weighted by Crippen LogP contribution is -2.21. The van der Waals surface area contributed by atoms with E-state index in [2.05, 4.69) is 40.2 Å². The van der Waals surface area contributed by atoms with Crippen molar-refractivity contribution in [2.75, 3.05) is 11.6 Å². The molecule has 1 aromatic carbocycles. The largest absolute Gasteiger partial charge is 0.335 e. The normalized spacial score (nSPS) is 12.2. The van der Waals surface area contributed by atoms with E-state index in [1.54, 1.807) is 30.7 Å². The van der Waals surface area contributed by atoms with Crippen molar-refractivity contribution in [3.8, 4) is 33.9 Å². The molecule has 14 heteroatoms. The number of pyridine rings is 3. The van der Waals surface area contributed by atoms with Gasteiger partial charge in [0.05, 0.1) is 34.9 Å². The summed E-state index contributed by atoms with van der Waals surface area (Å²) in [5.41, 5.74) is 5.98. The Morgan fingerprint density at radius 2 is 1.84 bits per heavy atom. The molecule has 5 aromatic heterocycles. The number of carbonyl (C=O) groups excluding carboxylic acids is 1. The standard InChI is InChI=1S/C31H30FN9O3S/c1-31(2,3)13-25(42)36-21-12-19(15-33-16-21)23-5-6-24-27(37-23)28(41-40-24)30-38-26-22(7-8-34-29(26)39-30)18-9-17(10-20(32)11-18)14-35-45(4,43)44/h5-12,15-16,35H,13-14H2,1-4H3,(H,36,42)(H,40,41)(H,34,38,39). The van der Waals surface area contributed by atoms with Crippen molar-refractivity contribution in [3.05, 3.63) is 72.4 Å². The highest BCUT2D eigenvalue weighted by Gasteiger charge is 2.19. The molecule has 6 rings (SSSR count). The summed E-state index contributed by atoms with van der Waals surface area (Å²) in [6, 6.07) is 11.6. The fourth-order valence-corrected chi connectivity index (χ4v) is 5.38. The molecule has 0 spiro atoms. The highest BCUT2D eigenvalue weighted by Crippen LogP contribution is 2.32. The van der Waals surface area contributed by atoms with Gasteiger partial charge in [-0.05, 0) is 59.0 Å². The van der Waals surface area contributed by atoms with Crippen LogP contribution in [-0.4, -0.2) is 55.7 Å². The SMILES string of the molecule is CC(C)(C)CC(=O)Nc1cncc(-c2ccc3[nH]nc(-c4nc5nccc(-c6cc(F)cc(CNS(C)(=O)=O)c6)c5[nH]4)c3n2)c1. The van der Waals surface area contributed by atoms with Crippen LogP contribution in [0.5, 0.6) is 0 Å². The maximum Gasteiger partial charge on any atom is 0.224 e. The summed E-state index contributed by atoms with van der Waals surface area (Å²) in [5, 5.41) is 10.4. The van der Waals surface area contributed by atoms with Crippen molar-refractivity contribution in [2.45, 2.75) is 33.7 Å². The van der Waals surface area contributed by atoms with Crippen LogP contribution in [0.2, 0.25) is 0 Å². The number of anilines is 1. The first-order valence-electron chi connectivity index (χ1n) is 14.0. The van der Waals surface area contributed by atoms with E-state index < -0.39 is 15.8 Å². The minimum absolute atomic E-state index is 0.0545. The number of aromatic amines is 2. The molecule has 0 aliphatic rings. The molecule has 4 N–H and O–H groups in total. The quantitative estimate of drug-likeness (QED) is 0.179. The molecule has 230 valence electrons. The minimum atomic E-state index is -3.46. The van der Waals surface area contributed by atoms with E-state index in [9.17, 15) is 17.6 Å². The molecular weight excluding hydrogens is 597 g/mol. The van der Waals surface area contributed by atoms with Crippen LogP contribution in [0.15, 0.2) is 61.1 Å². The molecule has 0 atom stereocenters. The third-order valence-electron chi connectivity index (χ3n) is 6.84. The maximum absolute atomic E-state index is 14.6. The molecule has 1 amide bonds. The smallest absolute Gasteiger partial charge is 0.224 e. The van der Waals surface area contributed by atoms with Crippen LogP contribution in [0.3, 0.4) is 0 Å². The van der Waals surface area contributed by atoms with E-state index in [0.29, 0.717) is 73.8 Å². The number of sulfonamides is 1. The Morgan fingerprint density at radius 3 is 2.62 bits per heavy atom. The summed E-state index contributed by atoms with van der Waals surface area (Å²) in [6.45, 7) is 5.95. The third kappa shape index (κ3) is 6.86. The number of nitrogens with one attached hydrogen (secondary N) is 4. The van der Waals surface area contributed by atoms with Crippen molar-refractivity contribution in [1.29, 1.82) is 0 Å². The number of aromatic nitrogens is 7. The summed E-state index contributed by atoms with van der Waals surface area (Å²) in [4.78, 5) is 33.9. The Kier molecular flexibility index (Phi) is 7.62. The predicted molar refractivity (Wildman–Crippen MR) is 170 cm³/mol. The highest BCUT2D eigenvalue weighted by molar-refractivity contribution is 7.88. The molecule has 45 heavy (non-hydrogen) atoms. The average molecular weight is 628 g/mol. The van der Waals surface area contributed by atoms with E-state index >= 15 is 0 Å². The molecule has 6 aromatic rings. The predicted octanol–water partition coefficient (Wildman–Crippen LogP) is 5.19. The molecule has 0 aliphatic carbocycles. The van der Waals surface area contributed by atoms with Gasteiger partial charge in [-0.2, -0.15) is 5.10 Å². The van der Waals surface area contributed by atoms with Crippen molar-refractivity contribution in [1.82, 2.24) is 39.8 Å². The first-order valence-corrected chi connectivity index (χ1v) is 15.9. The van der Waals surface area contributed by atoms with Crippen molar-refractivity contribution in [3.63, 3.8) is 0 Å². The molecule has 0 fully saturated rings. The van der Waals surface area contributed by atoms with Crippen molar-refractivity contribution >= 4 is 43.8 Å². The number of imidazole rings is 1. The minimum Gasteiger partial charge on any atom is -0.335 e. The monoisotopic (exact) mass is 627 g/mol. The van der Waals surface area contributed by atoms with Gasteiger partial charge in [-0.1, -0.05) is 20.8 Å². The van der Waals surface area contributed by atoms with E-state index in [1.165, 1.54) is 12.1 Å². The third-order valence-corrected chi connectivity index (χ3v) is 7.51. The van der Waals surface area contributed by atoms with Gasteiger partial charge in [-0.25, -0.2) is 32.5 Å². The van der Waals surface area contributed by atoms with Gasteiger partial charge in [0, 0.05) is 36.5 Å². The Bertz CT molecular complexity index is 2190. The lowest BCUT2D eigenvalue weighted by atomic mass is 9.92. The van der Waals surface area contributed by atoms with E-state index in [0.717, 1.165) is 6.26 Å². The molecule has 0 radical (unpaired) electrons. The molecule has 0 saturated carbocycles. The molecule has 0 bridgehead atoms. The van der Waals surface area contributed by atoms with Crippen LogP contribution in [0, 0.1) is 11.2 Å². The molecule has 0 saturated heterocycles. The summed E-state index contributed by atoms with van der Waals surface area (Å²) in [5.74, 6) is -0.206. The number of hydrogen-bond donors (Lipinski definition) is 4. The number of amides is 1. The van der Waals surface area contributed by atoms with Crippen LogP contribution in [0.4, 0.5) is 10.1 Å². The number of benzene rings is 1. The lowest BCUT2D eigenvalue weighted by molar-refractivity contribution is -0.117. The summed E-state index contributed by atoms with van der Waals surface area (Å²) in [6.07, 6.45) is 6.25. The van der Waals surface area contributed by atoms with Gasteiger partial charge in [-0.15, -0.1) is 0 Å². The average Bonchev–Trinajstić information content (AvgIpc) is 3.58. The van der Waals surface area contributed by atoms with E-state index in [1.807, 2.05) is 39.0 Å². The van der Waals surface area contributed by atoms with Crippen LogP contribution in [0.25, 0.3) is 56.1 Å². The zero-order chi connectivity index (χ0) is 31.9. The first kappa shape index (κ1) is 30.0. The second-order valence-corrected chi connectivity index (χ2v) is 13.8. The molecular formula is C31H30FN9O3S. The van der Waals surface area contributed by atoms with Gasteiger partial charge >= 0.3 is 0 Å². The lowest BCUT2D eigenvalue weighted by Gasteiger charge is -2.17. The van der Waals surface area contributed by atoms with Crippen LogP contribution >= 0.6 is 0 Å². The summed E-state index contributed by atoms with van der Waals surface area (Å²) < 4.78 is 40.1. The molecule has 0 unspecified atom stereocenters. The fraction of sp³-hybridized carbons (Fsp3) is 0.226. The Hall–Kier alpha value is -5.08. The van der Waals surface area contributed by atoms with Crippen LogP contribution in [0.1, 0.15) is 32.8 Å². The summed E-state index contributed by atoms with van der Waals surface area (Å²) in [7, 11) is -3.46. The van der Waals surface area contributed by atoms with Crippen LogP contribution < -0.4 is 10.0 Å². The van der Waals surface area contributed by atoms with Crippen LogP contribution in [-0.2, 0) is 21.4 Å².